The van der Waals surface area contributed by atoms with Crippen molar-refractivity contribution >= 4 is 46.2 Å². The van der Waals surface area contributed by atoms with Gasteiger partial charge in [-0.1, -0.05) is 0 Å². The number of halogens is 1. The van der Waals surface area contributed by atoms with E-state index in [0.29, 0.717) is 35.0 Å². The van der Waals surface area contributed by atoms with Crippen molar-refractivity contribution in [2.24, 2.45) is 0 Å². The SMILES string of the molecule is [C-]#[N+][C@H]1CC[C@@H]1OC(=O)Nc1cc2cc(-c3cnc4c(c3C)N(C(=O)OC(C)(C)C)CCO4)c(F)c(NC(=O)OC(C)(C)C)c2cn1. The van der Waals surface area contributed by atoms with Crippen LogP contribution in [0.4, 0.5) is 36.0 Å². The van der Waals surface area contributed by atoms with Crippen molar-refractivity contribution in [3.8, 4) is 17.0 Å². The molecule has 1 saturated carbocycles. The summed E-state index contributed by atoms with van der Waals surface area (Å²) in [5, 5.41) is 5.71. The first-order valence-electron chi connectivity index (χ1n) is 15.1. The average Bonchev–Trinajstić information content (AvgIpc) is 2.95. The number of fused-ring (bicyclic) bond motifs is 2. The van der Waals surface area contributed by atoms with Crippen LogP contribution < -0.4 is 20.3 Å². The monoisotopic (exact) mass is 648 g/mol. The number of amides is 3. The van der Waals surface area contributed by atoms with E-state index in [1.165, 1.54) is 29.4 Å². The van der Waals surface area contributed by atoms with E-state index in [9.17, 15) is 14.4 Å². The second-order valence-corrected chi connectivity index (χ2v) is 13.3. The number of carbonyl (C=O) groups is 3. The van der Waals surface area contributed by atoms with E-state index in [0.717, 1.165) is 0 Å². The minimum atomic E-state index is -0.889. The largest absolute Gasteiger partial charge is 0.474 e. The lowest BCUT2D eigenvalue weighted by Gasteiger charge is -2.32. The molecule has 2 atom stereocenters. The molecule has 47 heavy (non-hydrogen) atoms. The van der Waals surface area contributed by atoms with Crippen molar-refractivity contribution in [1.82, 2.24) is 9.97 Å². The molecule has 3 aromatic rings. The van der Waals surface area contributed by atoms with Crippen LogP contribution in [0.1, 0.15) is 59.9 Å². The molecule has 0 saturated heterocycles. The number of rotatable bonds is 4. The van der Waals surface area contributed by atoms with Gasteiger partial charge in [-0.15, -0.1) is 0 Å². The van der Waals surface area contributed by atoms with Gasteiger partial charge in [-0.25, -0.2) is 35.3 Å². The molecule has 0 unspecified atom stereocenters. The van der Waals surface area contributed by atoms with E-state index in [2.05, 4.69) is 25.4 Å². The fourth-order valence-corrected chi connectivity index (χ4v) is 5.18. The zero-order valence-electron chi connectivity index (χ0n) is 27.3. The van der Waals surface area contributed by atoms with Gasteiger partial charge in [-0.2, -0.15) is 0 Å². The average molecular weight is 649 g/mol. The van der Waals surface area contributed by atoms with Crippen molar-refractivity contribution < 1.29 is 37.7 Å². The Morgan fingerprint density at radius 2 is 1.72 bits per heavy atom. The molecule has 0 spiro atoms. The summed E-state index contributed by atoms with van der Waals surface area (Å²) in [6.45, 7) is 19.6. The van der Waals surface area contributed by atoms with Gasteiger partial charge in [0.1, 0.15) is 29.3 Å². The summed E-state index contributed by atoms with van der Waals surface area (Å²) in [5.74, 6) is -0.504. The number of hydrogen-bond donors (Lipinski definition) is 2. The Labute approximate surface area is 271 Å². The lowest BCUT2D eigenvalue weighted by molar-refractivity contribution is 0.0555. The maximum Gasteiger partial charge on any atom is 0.415 e. The Morgan fingerprint density at radius 3 is 2.36 bits per heavy atom. The first-order valence-corrected chi connectivity index (χ1v) is 15.1. The summed E-state index contributed by atoms with van der Waals surface area (Å²) < 4.78 is 38.7. The molecule has 3 heterocycles. The molecule has 1 aliphatic heterocycles. The Hall–Kier alpha value is -5.19. The molecule has 0 radical (unpaired) electrons. The van der Waals surface area contributed by atoms with E-state index < -0.39 is 41.4 Å². The van der Waals surface area contributed by atoms with Crippen LogP contribution in [0.5, 0.6) is 5.88 Å². The molecule has 2 N–H and O–H groups in total. The lowest BCUT2D eigenvalue weighted by Crippen LogP contribution is -2.42. The number of hydrogen-bond acceptors (Lipinski definition) is 9. The molecule has 3 amide bonds. The third-order valence-corrected chi connectivity index (χ3v) is 7.42. The van der Waals surface area contributed by atoms with E-state index in [1.54, 1.807) is 48.5 Å². The molecule has 2 aliphatic rings. The first kappa shape index (κ1) is 33.2. The fourth-order valence-electron chi connectivity index (χ4n) is 5.18. The van der Waals surface area contributed by atoms with Gasteiger partial charge in [0.15, 0.2) is 11.9 Å². The smallest absolute Gasteiger partial charge is 0.415 e. The van der Waals surface area contributed by atoms with Crippen LogP contribution in [0.15, 0.2) is 24.5 Å². The highest BCUT2D eigenvalue weighted by molar-refractivity contribution is 6.05. The molecular weight excluding hydrogens is 611 g/mol. The van der Waals surface area contributed by atoms with Gasteiger partial charge in [-0.05, 0) is 78.0 Å². The number of ether oxygens (including phenoxy) is 4. The first-order chi connectivity index (χ1) is 22.0. The molecule has 2 aromatic heterocycles. The Morgan fingerprint density at radius 1 is 1.00 bits per heavy atom. The van der Waals surface area contributed by atoms with E-state index in [1.807, 2.05) is 0 Å². The molecule has 1 aliphatic carbocycles. The maximum absolute atomic E-state index is 16.6. The van der Waals surface area contributed by atoms with Gasteiger partial charge in [0.05, 0.1) is 12.2 Å². The van der Waals surface area contributed by atoms with E-state index in [4.69, 9.17) is 25.5 Å². The normalized spacial score (nSPS) is 17.4. The maximum atomic E-state index is 16.6. The van der Waals surface area contributed by atoms with Crippen LogP contribution in [-0.2, 0) is 14.2 Å². The van der Waals surface area contributed by atoms with Gasteiger partial charge in [0.25, 0.3) is 6.04 Å². The van der Waals surface area contributed by atoms with Crippen molar-refractivity contribution in [2.45, 2.75) is 84.7 Å². The number of anilines is 3. The molecule has 13 nitrogen and oxygen atoms in total. The summed E-state index contributed by atoms with van der Waals surface area (Å²) in [5.41, 5.74) is -0.661. The molecule has 5 rings (SSSR count). The summed E-state index contributed by atoms with van der Waals surface area (Å²) >= 11 is 0. The van der Waals surface area contributed by atoms with Crippen LogP contribution >= 0.6 is 0 Å². The number of nitrogens with zero attached hydrogens (tertiary/aromatic N) is 4. The Kier molecular flexibility index (Phi) is 8.85. The number of nitrogens with one attached hydrogen (secondary N) is 2. The molecular formula is C33H37FN6O7. The number of carbonyl (C=O) groups excluding carboxylic acids is 3. The van der Waals surface area contributed by atoms with Gasteiger partial charge in [-0.3, -0.25) is 15.5 Å². The van der Waals surface area contributed by atoms with Gasteiger partial charge in [0.2, 0.25) is 5.88 Å². The Bertz CT molecular complexity index is 1790. The quantitative estimate of drug-likeness (QED) is 0.221. The van der Waals surface area contributed by atoms with Gasteiger partial charge in [0, 0.05) is 35.3 Å². The predicted octanol–water partition coefficient (Wildman–Crippen LogP) is 7.22. The summed E-state index contributed by atoms with van der Waals surface area (Å²) in [4.78, 5) is 52.1. The minimum absolute atomic E-state index is 0.0418. The third-order valence-electron chi connectivity index (χ3n) is 7.42. The standard InChI is InChI=1S/C33H37FN6O7/c1-17-20(15-37-28-27(17)40(11-12-44-28)31(43)47-33(5,6)7)19-13-18-14-24(38-29(41)45-23-10-9-22(23)35-8)36-16-21(18)26(25(19)34)39-30(42)46-32(2,3)4/h13-16,22-23H,9-12H2,1-7H3,(H,39,42)(H,36,38,41)/t22-,23-/m0/s1. The number of benzene rings is 1. The van der Waals surface area contributed by atoms with Crippen molar-refractivity contribution in [1.29, 1.82) is 0 Å². The van der Waals surface area contributed by atoms with Crippen LogP contribution in [0.25, 0.3) is 26.7 Å². The number of pyridine rings is 2. The fraction of sp³-hybridized carbons (Fsp3) is 0.455. The summed E-state index contributed by atoms with van der Waals surface area (Å²) in [6.07, 6.45) is 1.23. The van der Waals surface area contributed by atoms with Crippen molar-refractivity contribution in [3.05, 3.63) is 47.3 Å². The number of aromatic nitrogens is 2. The lowest BCUT2D eigenvalue weighted by atomic mass is 9.90. The predicted molar refractivity (Wildman–Crippen MR) is 172 cm³/mol. The third kappa shape index (κ3) is 7.29. The summed E-state index contributed by atoms with van der Waals surface area (Å²) in [6, 6.07) is 2.66. The Balaban J connectivity index is 1.59. The highest BCUT2D eigenvalue weighted by Crippen LogP contribution is 2.42. The van der Waals surface area contributed by atoms with E-state index >= 15 is 4.39 Å². The van der Waals surface area contributed by atoms with Gasteiger partial charge < -0.3 is 23.8 Å². The van der Waals surface area contributed by atoms with Gasteiger partial charge >= 0.3 is 18.3 Å². The molecule has 1 aromatic carbocycles. The summed E-state index contributed by atoms with van der Waals surface area (Å²) in [7, 11) is 0. The second-order valence-electron chi connectivity index (χ2n) is 13.3. The van der Waals surface area contributed by atoms with Crippen LogP contribution in [-0.4, -0.2) is 64.7 Å². The van der Waals surface area contributed by atoms with Crippen LogP contribution in [0.3, 0.4) is 0 Å². The minimum Gasteiger partial charge on any atom is -0.474 e. The van der Waals surface area contributed by atoms with Crippen LogP contribution in [0, 0.1) is 19.3 Å². The topological polar surface area (TPSA) is 146 Å². The van der Waals surface area contributed by atoms with Crippen LogP contribution in [0.2, 0.25) is 0 Å². The zero-order chi connectivity index (χ0) is 34.3. The molecule has 1 fully saturated rings. The molecule has 14 heteroatoms. The second kappa shape index (κ2) is 12.5. The van der Waals surface area contributed by atoms with Crippen molar-refractivity contribution in [3.63, 3.8) is 0 Å². The highest BCUT2D eigenvalue weighted by Gasteiger charge is 2.39. The molecule has 0 bridgehead atoms. The molecule has 248 valence electrons. The van der Waals surface area contributed by atoms with Crippen molar-refractivity contribution in [2.75, 3.05) is 28.7 Å². The highest BCUT2D eigenvalue weighted by atomic mass is 19.1. The van der Waals surface area contributed by atoms with E-state index in [-0.39, 0.29) is 47.5 Å². The zero-order valence-corrected chi connectivity index (χ0v) is 27.3.